The van der Waals surface area contributed by atoms with E-state index < -0.39 is 10.0 Å². The molecule has 6 heteroatoms. The Labute approximate surface area is 150 Å². The molecule has 0 spiro atoms. The van der Waals surface area contributed by atoms with Crippen molar-refractivity contribution in [2.75, 3.05) is 18.8 Å². The highest BCUT2D eigenvalue weighted by Crippen LogP contribution is 2.35. The van der Waals surface area contributed by atoms with Gasteiger partial charge in [-0.25, -0.2) is 8.42 Å². The first-order chi connectivity index (χ1) is 11.1. The average molecular weight is 412 g/mol. The molecule has 1 saturated heterocycles. The molecule has 0 amide bonds. The molecule has 0 unspecified atom stereocenters. The van der Waals surface area contributed by atoms with E-state index in [1.165, 1.54) is 5.56 Å². The highest BCUT2D eigenvalue weighted by Gasteiger charge is 2.28. The largest absolute Gasteiger partial charge is 0.243 e. The van der Waals surface area contributed by atoms with E-state index in [1.54, 1.807) is 28.6 Å². The van der Waals surface area contributed by atoms with Crippen molar-refractivity contribution in [1.82, 2.24) is 4.31 Å². The first-order valence-corrected chi connectivity index (χ1v) is 10.8. The van der Waals surface area contributed by atoms with Crippen molar-refractivity contribution in [1.29, 1.82) is 0 Å². The Kier molecular flexibility index (Phi) is 5.46. The molecule has 1 aliphatic rings. The van der Waals surface area contributed by atoms with Crippen molar-refractivity contribution in [3.05, 3.63) is 64.6 Å². The third kappa shape index (κ3) is 3.99. The molecule has 3 nitrogen and oxygen atoms in total. The van der Waals surface area contributed by atoms with Gasteiger partial charge in [-0.05, 0) is 36.2 Å². The SMILES string of the molecule is O=S(=O)(c1ccc(Br)cc1)N1CCS[C@H](c2ccccc2)CC1. The lowest BCUT2D eigenvalue weighted by atomic mass is 10.1. The summed E-state index contributed by atoms with van der Waals surface area (Å²) in [5, 5.41) is 0.362. The van der Waals surface area contributed by atoms with Gasteiger partial charge >= 0.3 is 0 Å². The number of benzene rings is 2. The average Bonchev–Trinajstić information content (AvgIpc) is 2.83. The molecule has 1 heterocycles. The van der Waals surface area contributed by atoms with Crippen molar-refractivity contribution < 1.29 is 8.42 Å². The molecule has 0 aliphatic carbocycles. The molecule has 0 radical (unpaired) electrons. The normalized spacial score (nSPS) is 20.1. The lowest BCUT2D eigenvalue weighted by Crippen LogP contribution is -2.33. The fraction of sp³-hybridized carbons (Fsp3) is 0.294. The van der Waals surface area contributed by atoms with Gasteiger partial charge in [-0.1, -0.05) is 46.3 Å². The van der Waals surface area contributed by atoms with Crippen molar-refractivity contribution in [3.8, 4) is 0 Å². The van der Waals surface area contributed by atoms with E-state index in [9.17, 15) is 8.42 Å². The maximum absolute atomic E-state index is 12.8. The number of sulfonamides is 1. The van der Waals surface area contributed by atoms with Gasteiger partial charge in [0.2, 0.25) is 10.0 Å². The smallest absolute Gasteiger partial charge is 0.207 e. The summed E-state index contributed by atoms with van der Waals surface area (Å²) in [6, 6.07) is 17.2. The topological polar surface area (TPSA) is 37.4 Å². The quantitative estimate of drug-likeness (QED) is 0.754. The zero-order valence-electron chi connectivity index (χ0n) is 12.6. The van der Waals surface area contributed by atoms with Crippen LogP contribution in [0.1, 0.15) is 17.2 Å². The predicted octanol–water partition coefficient (Wildman–Crippen LogP) is 4.32. The zero-order chi connectivity index (χ0) is 16.3. The lowest BCUT2D eigenvalue weighted by Gasteiger charge is -2.20. The van der Waals surface area contributed by atoms with Gasteiger partial charge in [-0.2, -0.15) is 16.1 Å². The van der Waals surface area contributed by atoms with Gasteiger partial charge in [0.05, 0.1) is 4.90 Å². The third-order valence-electron chi connectivity index (χ3n) is 3.92. The van der Waals surface area contributed by atoms with Crippen LogP contribution < -0.4 is 0 Å². The molecule has 0 saturated carbocycles. The van der Waals surface area contributed by atoms with E-state index in [1.807, 2.05) is 30.0 Å². The van der Waals surface area contributed by atoms with Crippen LogP contribution in [0.5, 0.6) is 0 Å². The number of nitrogens with zero attached hydrogens (tertiary/aromatic N) is 1. The Hall–Kier alpha value is -0.820. The Balaban J connectivity index is 1.76. The van der Waals surface area contributed by atoms with Crippen LogP contribution in [0, 0.1) is 0 Å². The molecule has 3 rings (SSSR count). The van der Waals surface area contributed by atoms with Crippen LogP contribution >= 0.6 is 27.7 Å². The van der Waals surface area contributed by atoms with Crippen molar-refractivity contribution >= 4 is 37.7 Å². The number of rotatable bonds is 3. The second-order valence-electron chi connectivity index (χ2n) is 5.42. The van der Waals surface area contributed by atoms with Gasteiger partial charge in [-0.15, -0.1) is 0 Å². The van der Waals surface area contributed by atoms with E-state index in [2.05, 4.69) is 28.1 Å². The summed E-state index contributed by atoms with van der Waals surface area (Å²) in [4.78, 5) is 0.365. The molecule has 0 aromatic heterocycles. The van der Waals surface area contributed by atoms with E-state index >= 15 is 0 Å². The molecular formula is C17H18BrNO2S2. The molecule has 23 heavy (non-hydrogen) atoms. The minimum Gasteiger partial charge on any atom is -0.207 e. The van der Waals surface area contributed by atoms with E-state index in [0.717, 1.165) is 16.6 Å². The van der Waals surface area contributed by atoms with Crippen molar-refractivity contribution in [3.63, 3.8) is 0 Å². The number of thioether (sulfide) groups is 1. The molecule has 2 aromatic carbocycles. The van der Waals surface area contributed by atoms with E-state index in [4.69, 9.17) is 0 Å². The van der Waals surface area contributed by atoms with Crippen molar-refractivity contribution in [2.45, 2.75) is 16.6 Å². The van der Waals surface area contributed by atoms with Crippen LogP contribution in [0.4, 0.5) is 0 Å². The predicted molar refractivity (Wildman–Crippen MR) is 99.2 cm³/mol. The summed E-state index contributed by atoms with van der Waals surface area (Å²) in [6.07, 6.45) is 0.838. The summed E-state index contributed by atoms with van der Waals surface area (Å²) in [6.45, 7) is 1.12. The van der Waals surface area contributed by atoms with Gasteiger partial charge in [-0.3, -0.25) is 0 Å². The van der Waals surface area contributed by atoms with Crippen LogP contribution in [0.3, 0.4) is 0 Å². The highest BCUT2D eigenvalue weighted by molar-refractivity contribution is 9.10. The fourth-order valence-electron chi connectivity index (χ4n) is 2.68. The minimum atomic E-state index is -3.41. The number of hydrogen-bond acceptors (Lipinski definition) is 3. The van der Waals surface area contributed by atoms with Gasteiger partial charge in [0.25, 0.3) is 0 Å². The zero-order valence-corrected chi connectivity index (χ0v) is 15.8. The molecule has 2 aromatic rings. The molecule has 0 bridgehead atoms. The Morgan fingerprint density at radius 3 is 2.39 bits per heavy atom. The summed E-state index contributed by atoms with van der Waals surface area (Å²) in [5.74, 6) is 0.815. The molecule has 1 fully saturated rings. The van der Waals surface area contributed by atoms with Crippen LogP contribution in [-0.2, 0) is 10.0 Å². The first-order valence-electron chi connectivity index (χ1n) is 7.49. The standard InChI is InChI=1S/C17H18BrNO2S2/c18-15-6-8-16(9-7-15)23(20,21)19-11-10-17(22-13-12-19)14-4-2-1-3-5-14/h1-9,17H,10-13H2/t17-/m0/s1. The molecule has 122 valence electrons. The maximum Gasteiger partial charge on any atom is 0.243 e. The van der Waals surface area contributed by atoms with Crippen LogP contribution in [0.2, 0.25) is 0 Å². The Morgan fingerprint density at radius 2 is 1.70 bits per heavy atom. The molecule has 1 atom stereocenters. The second kappa shape index (κ2) is 7.38. The van der Waals surface area contributed by atoms with E-state index in [-0.39, 0.29) is 0 Å². The van der Waals surface area contributed by atoms with Gasteiger partial charge < -0.3 is 0 Å². The molecule has 0 N–H and O–H groups in total. The van der Waals surface area contributed by atoms with Crippen LogP contribution in [-0.4, -0.2) is 31.6 Å². The summed E-state index contributed by atoms with van der Waals surface area (Å²) < 4.78 is 28.1. The lowest BCUT2D eigenvalue weighted by molar-refractivity contribution is 0.428. The van der Waals surface area contributed by atoms with Gasteiger partial charge in [0.1, 0.15) is 0 Å². The molecular weight excluding hydrogens is 394 g/mol. The van der Waals surface area contributed by atoms with Gasteiger partial charge in [0.15, 0.2) is 0 Å². The Morgan fingerprint density at radius 1 is 1.00 bits per heavy atom. The Bertz CT molecular complexity index is 748. The number of hydrogen-bond donors (Lipinski definition) is 0. The second-order valence-corrected chi connectivity index (χ2v) is 9.58. The van der Waals surface area contributed by atoms with Crippen LogP contribution in [0.25, 0.3) is 0 Å². The van der Waals surface area contributed by atoms with Gasteiger partial charge in [0, 0.05) is 28.6 Å². The summed E-state index contributed by atoms with van der Waals surface area (Å²) in [7, 11) is -3.41. The van der Waals surface area contributed by atoms with Crippen LogP contribution in [0.15, 0.2) is 64.0 Å². The highest BCUT2D eigenvalue weighted by atomic mass is 79.9. The number of halogens is 1. The third-order valence-corrected chi connectivity index (χ3v) is 7.69. The summed E-state index contributed by atoms with van der Waals surface area (Å²) in [5.41, 5.74) is 1.28. The molecule has 1 aliphatic heterocycles. The monoisotopic (exact) mass is 411 g/mol. The minimum absolute atomic E-state index is 0.362. The first kappa shape index (κ1) is 17.0. The maximum atomic E-state index is 12.8. The van der Waals surface area contributed by atoms with E-state index in [0.29, 0.717) is 23.2 Å². The summed E-state index contributed by atoms with van der Waals surface area (Å²) >= 11 is 5.18. The fourth-order valence-corrected chi connectivity index (χ4v) is 5.75. The van der Waals surface area contributed by atoms with Crippen molar-refractivity contribution in [2.24, 2.45) is 0 Å².